The Bertz CT molecular complexity index is 155. The van der Waals surface area contributed by atoms with E-state index in [-0.39, 0.29) is 12.8 Å². The zero-order valence-corrected chi connectivity index (χ0v) is 6.28. The molecule has 2 N–H and O–H groups in total. The monoisotopic (exact) mass is 183 g/mol. The predicted octanol–water partition coefficient (Wildman–Crippen LogP) is -0.572. The van der Waals surface area contributed by atoms with Gasteiger partial charge in [0.1, 0.15) is 0 Å². The maximum absolute atomic E-state index is 9.64. The van der Waals surface area contributed by atoms with E-state index in [4.69, 9.17) is 18.6 Å². The molecule has 0 aromatic rings. The Morgan fingerprint density at radius 3 is 1.27 bits per heavy atom. The van der Waals surface area contributed by atoms with E-state index in [2.05, 4.69) is 0 Å². The van der Waals surface area contributed by atoms with Crippen LogP contribution in [0.2, 0.25) is 0 Å². The number of rotatable bonds is 3. The summed E-state index contributed by atoms with van der Waals surface area (Å²) in [7, 11) is 0. The minimum Gasteiger partial charge on any atom is -0.481 e. The van der Waals surface area contributed by atoms with Gasteiger partial charge in [-0.1, -0.05) is 11.6 Å². The standard InChI is InChI=1S/C4H6O4.HO2S/c5-3(6)1-2-4(7)8;1-3-2/h1-2H2,(H,5,6)(H,7,8);3H/q;-1. The summed E-state index contributed by atoms with van der Waals surface area (Å²) in [6, 6.07) is 0. The fourth-order valence-corrected chi connectivity index (χ4v) is 0.214. The van der Waals surface area contributed by atoms with Crippen LogP contribution in [0.4, 0.5) is 0 Å². The van der Waals surface area contributed by atoms with Crippen LogP contribution in [0, 0.1) is 0 Å². The number of aliphatic carboxylic acids is 2. The average molecular weight is 183 g/mol. The molecule has 0 aromatic carbocycles. The van der Waals surface area contributed by atoms with Gasteiger partial charge in [-0.2, -0.15) is 0 Å². The van der Waals surface area contributed by atoms with Gasteiger partial charge in [0.15, 0.2) is 0 Å². The summed E-state index contributed by atoms with van der Waals surface area (Å²) in [6.45, 7) is 0. The van der Waals surface area contributed by atoms with Crippen molar-refractivity contribution in [3.63, 3.8) is 0 Å². The van der Waals surface area contributed by atoms with Crippen LogP contribution in [0.25, 0.3) is 0 Å². The summed E-state index contributed by atoms with van der Waals surface area (Å²) in [5.41, 5.74) is 0. The van der Waals surface area contributed by atoms with Crippen molar-refractivity contribution < 1.29 is 28.2 Å². The van der Waals surface area contributed by atoms with Crippen molar-refractivity contribution in [3.8, 4) is 0 Å². The number of carbonyl (C=O) groups is 2. The molecule has 0 amide bonds. The highest BCUT2D eigenvalue weighted by molar-refractivity contribution is 7.51. The first-order chi connectivity index (χ1) is 5.04. The first-order valence-corrected chi connectivity index (χ1v) is 3.16. The molecular formula is C4H7O6S-. The molecule has 0 fully saturated rings. The van der Waals surface area contributed by atoms with Gasteiger partial charge < -0.3 is 18.6 Å². The Morgan fingerprint density at radius 1 is 1.00 bits per heavy atom. The van der Waals surface area contributed by atoms with E-state index in [0.717, 1.165) is 0 Å². The molecule has 0 radical (unpaired) electrons. The minimum atomic E-state index is -1.08. The highest BCUT2D eigenvalue weighted by Gasteiger charge is 2.00. The third-order valence-corrected chi connectivity index (χ3v) is 0.553. The van der Waals surface area contributed by atoms with Crippen LogP contribution >= 0.6 is 0 Å². The summed E-state index contributed by atoms with van der Waals surface area (Å²) in [5, 5.41) is 15.8. The fraction of sp³-hybridized carbons (Fsp3) is 0.500. The predicted molar refractivity (Wildman–Crippen MR) is 34.6 cm³/mol. The second-order valence-electron chi connectivity index (χ2n) is 1.36. The Kier molecular flexibility index (Phi) is 10.1. The second kappa shape index (κ2) is 8.89. The number of hydrogen-bond acceptors (Lipinski definition) is 5. The molecule has 0 heterocycles. The normalized spacial score (nSPS) is 7.64. The first-order valence-electron chi connectivity index (χ1n) is 2.43. The SMILES string of the molecule is O=C(O)CCC(=O)O.O=[SH-]=O. The Balaban J connectivity index is 0. The van der Waals surface area contributed by atoms with E-state index in [1.807, 2.05) is 0 Å². The molecular weight excluding hydrogens is 176 g/mol. The lowest BCUT2D eigenvalue weighted by Crippen LogP contribution is -2.00. The minimum absolute atomic E-state index is 0.296. The molecule has 6 nitrogen and oxygen atoms in total. The van der Waals surface area contributed by atoms with Gasteiger partial charge >= 0.3 is 11.9 Å². The Morgan fingerprint density at radius 2 is 1.18 bits per heavy atom. The van der Waals surface area contributed by atoms with Crippen molar-refractivity contribution in [2.75, 3.05) is 0 Å². The van der Waals surface area contributed by atoms with Gasteiger partial charge in [0.05, 0.1) is 12.8 Å². The van der Waals surface area contributed by atoms with Crippen molar-refractivity contribution in [2.45, 2.75) is 12.8 Å². The number of hydrogen-bond donors (Lipinski definition) is 2. The lowest BCUT2D eigenvalue weighted by Gasteiger charge is -1.85. The molecule has 7 heteroatoms. The average Bonchev–Trinajstić information content (AvgIpc) is 1.85. The van der Waals surface area contributed by atoms with Gasteiger partial charge in [0.2, 0.25) is 0 Å². The van der Waals surface area contributed by atoms with E-state index < -0.39 is 23.5 Å². The van der Waals surface area contributed by atoms with Crippen molar-refractivity contribution >= 4 is 23.5 Å². The third-order valence-electron chi connectivity index (χ3n) is 0.553. The second-order valence-corrected chi connectivity index (χ2v) is 1.51. The van der Waals surface area contributed by atoms with E-state index >= 15 is 0 Å². The van der Waals surface area contributed by atoms with Crippen molar-refractivity contribution in [1.29, 1.82) is 0 Å². The summed E-state index contributed by atoms with van der Waals surface area (Å²) < 4.78 is 16.7. The van der Waals surface area contributed by atoms with Crippen molar-refractivity contribution in [3.05, 3.63) is 0 Å². The van der Waals surface area contributed by atoms with Gasteiger partial charge in [-0.05, 0) is 0 Å². The Labute approximate surface area is 65.4 Å². The smallest absolute Gasteiger partial charge is 0.303 e. The summed E-state index contributed by atoms with van der Waals surface area (Å²) in [5.74, 6) is -2.15. The van der Waals surface area contributed by atoms with E-state index in [1.165, 1.54) is 0 Å². The van der Waals surface area contributed by atoms with Crippen LogP contribution in [0.5, 0.6) is 0 Å². The van der Waals surface area contributed by atoms with Gasteiger partial charge in [0, 0.05) is 0 Å². The molecule has 0 aliphatic carbocycles. The quantitative estimate of drug-likeness (QED) is 0.448. The molecule has 11 heavy (non-hydrogen) atoms. The molecule has 0 rings (SSSR count). The topological polar surface area (TPSA) is 109 Å². The van der Waals surface area contributed by atoms with E-state index in [9.17, 15) is 9.59 Å². The molecule has 0 aliphatic rings. The molecule has 0 aliphatic heterocycles. The first kappa shape index (κ1) is 12.6. The summed E-state index contributed by atoms with van der Waals surface area (Å²) in [4.78, 5) is 19.3. The molecule has 0 aromatic heterocycles. The van der Waals surface area contributed by atoms with Crippen LogP contribution in [-0.2, 0) is 29.6 Å². The molecule has 0 atom stereocenters. The van der Waals surface area contributed by atoms with Gasteiger partial charge in [0.25, 0.3) is 0 Å². The molecule has 0 saturated carbocycles. The van der Waals surface area contributed by atoms with Crippen LogP contribution in [-0.4, -0.2) is 22.2 Å². The zero-order chi connectivity index (χ0) is 9.28. The van der Waals surface area contributed by atoms with Crippen LogP contribution in [0.15, 0.2) is 0 Å². The molecule has 0 bridgehead atoms. The van der Waals surface area contributed by atoms with Crippen LogP contribution in [0.1, 0.15) is 12.8 Å². The molecule has 0 saturated heterocycles. The summed E-state index contributed by atoms with van der Waals surface area (Å²) >= 11 is -1.08. The number of carboxylic acids is 2. The largest absolute Gasteiger partial charge is 0.481 e. The number of thiol groups is 1. The fourth-order valence-electron chi connectivity index (χ4n) is 0.214. The van der Waals surface area contributed by atoms with E-state index in [1.54, 1.807) is 0 Å². The summed E-state index contributed by atoms with van der Waals surface area (Å²) in [6.07, 6.45) is -0.593. The van der Waals surface area contributed by atoms with Crippen molar-refractivity contribution in [2.24, 2.45) is 0 Å². The molecule has 0 spiro atoms. The molecule has 0 unspecified atom stereocenters. The highest BCUT2D eigenvalue weighted by atomic mass is 32.1. The van der Waals surface area contributed by atoms with Gasteiger partial charge in [-0.3, -0.25) is 9.59 Å². The Hall–Kier alpha value is -1.11. The number of carboxylic acid groups (broad SMARTS) is 2. The van der Waals surface area contributed by atoms with Gasteiger partial charge in [-0.25, -0.2) is 0 Å². The lowest BCUT2D eigenvalue weighted by atomic mass is 10.3. The lowest BCUT2D eigenvalue weighted by molar-refractivity contribution is -0.143. The molecule has 66 valence electrons. The van der Waals surface area contributed by atoms with Gasteiger partial charge in [-0.15, -0.1) is 0 Å². The highest BCUT2D eigenvalue weighted by Crippen LogP contribution is 1.85. The third kappa shape index (κ3) is 27.9. The zero-order valence-electron chi connectivity index (χ0n) is 5.39. The van der Waals surface area contributed by atoms with Crippen LogP contribution < -0.4 is 0 Å². The van der Waals surface area contributed by atoms with Crippen LogP contribution in [0.3, 0.4) is 0 Å². The van der Waals surface area contributed by atoms with E-state index in [0.29, 0.717) is 0 Å². The maximum atomic E-state index is 9.64. The maximum Gasteiger partial charge on any atom is 0.303 e. The van der Waals surface area contributed by atoms with Crippen molar-refractivity contribution in [1.82, 2.24) is 0 Å².